The van der Waals surface area contributed by atoms with Gasteiger partial charge in [0.2, 0.25) is 11.8 Å². The van der Waals surface area contributed by atoms with Crippen molar-refractivity contribution >= 4 is 23.2 Å². The molecular weight excluding hydrogens is 261 g/mol. The molecule has 0 spiro atoms. The maximum Gasteiger partial charge on any atom is 0.225 e. The molecule has 6 heteroatoms. The molecule has 1 rings (SSSR count). The van der Waals surface area contributed by atoms with Crippen molar-refractivity contribution in [3.63, 3.8) is 0 Å². The highest BCUT2D eigenvalue weighted by Crippen LogP contribution is 2.19. The molecule has 0 saturated carbocycles. The summed E-state index contributed by atoms with van der Waals surface area (Å²) in [5.74, 6) is -1.07. The zero-order valence-corrected chi connectivity index (χ0v) is 11.9. The van der Waals surface area contributed by atoms with Gasteiger partial charge in [0.1, 0.15) is 5.82 Å². The maximum atomic E-state index is 13.6. The topological polar surface area (TPSA) is 70.2 Å². The third-order valence-corrected chi connectivity index (χ3v) is 2.47. The Labute approximate surface area is 117 Å². The number of anilines is 2. The van der Waals surface area contributed by atoms with E-state index >= 15 is 0 Å². The monoisotopic (exact) mass is 281 g/mol. The average Bonchev–Trinajstić information content (AvgIpc) is 2.32. The standard InChI is InChI=1S/C14H20FN3O2/c1-9(2)16-7-6-14(20)18-13-8-11(17-10(3)19)4-5-12(13)15/h4-5,8-9,16H,6-7H2,1-3H3,(H,17,19)(H,18,20). The highest BCUT2D eigenvalue weighted by Gasteiger charge is 2.08. The minimum absolute atomic E-state index is 0.0609. The van der Waals surface area contributed by atoms with Crippen LogP contribution in [0.15, 0.2) is 18.2 Å². The first-order chi connectivity index (χ1) is 9.38. The van der Waals surface area contributed by atoms with E-state index in [4.69, 9.17) is 0 Å². The highest BCUT2D eigenvalue weighted by atomic mass is 19.1. The van der Waals surface area contributed by atoms with Gasteiger partial charge in [-0.15, -0.1) is 0 Å². The summed E-state index contributed by atoms with van der Waals surface area (Å²) in [6, 6.07) is 4.33. The van der Waals surface area contributed by atoms with E-state index in [0.29, 0.717) is 18.3 Å². The highest BCUT2D eigenvalue weighted by molar-refractivity contribution is 5.93. The molecule has 0 radical (unpaired) electrons. The third-order valence-electron chi connectivity index (χ3n) is 2.47. The first-order valence-electron chi connectivity index (χ1n) is 6.49. The summed E-state index contributed by atoms with van der Waals surface area (Å²) >= 11 is 0. The predicted octanol–water partition coefficient (Wildman–Crippen LogP) is 2.11. The van der Waals surface area contributed by atoms with Gasteiger partial charge >= 0.3 is 0 Å². The Bertz CT molecular complexity index is 489. The van der Waals surface area contributed by atoms with Gasteiger partial charge < -0.3 is 16.0 Å². The average molecular weight is 281 g/mol. The van der Waals surface area contributed by atoms with Crippen molar-refractivity contribution in [2.75, 3.05) is 17.2 Å². The lowest BCUT2D eigenvalue weighted by molar-refractivity contribution is -0.116. The fourth-order valence-electron chi connectivity index (χ4n) is 1.59. The number of benzene rings is 1. The molecule has 0 heterocycles. The van der Waals surface area contributed by atoms with Gasteiger partial charge in [0.25, 0.3) is 0 Å². The molecule has 0 unspecified atom stereocenters. The quantitative estimate of drug-likeness (QED) is 0.748. The summed E-state index contributed by atoms with van der Waals surface area (Å²) in [6.45, 7) is 5.85. The maximum absolute atomic E-state index is 13.6. The van der Waals surface area contributed by atoms with Crippen LogP contribution in [0.1, 0.15) is 27.2 Å². The number of amides is 2. The fourth-order valence-corrected chi connectivity index (χ4v) is 1.59. The molecule has 0 saturated heterocycles. The lowest BCUT2D eigenvalue weighted by Crippen LogP contribution is -2.27. The van der Waals surface area contributed by atoms with Crippen LogP contribution in [0, 0.1) is 5.82 Å². The molecule has 1 aromatic rings. The number of rotatable bonds is 6. The van der Waals surface area contributed by atoms with Crippen molar-refractivity contribution in [3.05, 3.63) is 24.0 Å². The lowest BCUT2D eigenvalue weighted by Gasteiger charge is -2.10. The molecule has 0 aliphatic rings. The summed E-state index contributed by atoms with van der Waals surface area (Å²) in [7, 11) is 0. The molecule has 5 nitrogen and oxygen atoms in total. The van der Waals surface area contributed by atoms with Gasteiger partial charge in [0.05, 0.1) is 5.69 Å². The molecule has 0 bridgehead atoms. The Hall–Kier alpha value is -1.95. The second-order valence-electron chi connectivity index (χ2n) is 4.78. The van der Waals surface area contributed by atoms with E-state index in [2.05, 4.69) is 16.0 Å². The molecule has 0 fully saturated rings. The molecule has 110 valence electrons. The van der Waals surface area contributed by atoms with Crippen molar-refractivity contribution in [1.29, 1.82) is 0 Å². The summed E-state index contributed by atoms with van der Waals surface area (Å²) < 4.78 is 13.6. The number of carbonyl (C=O) groups excluding carboxylic acids is 2. The van der Waals surface area contributed by atoms with Gasteiger partial charge in [-0.05, 0) is 18.2 Å². The van der Waals surface area contributed by atoms with E-state index in [-0.39, 0.29) is 23.9 Å². The van der Waals surface area contributed by atoms with E-state index < -0.39 is 5.82 Å². The van der Waals surface area contributed by atoms with Gasteiger partial charge in [0, 0.05) is 31.6 Å². The Morgan fingerprint density at radius 1 is 1.25 bits per heavy atom. The number of carbonyl (C=O) groups is 2. The lowest BCUT2D eigenvalue weighted by atomic mass is 10.2. The minimum atomic E-state index is -0.538. The van der Waals surface area contributed by atoms with Gasteiger partial charge in [-0.1, -0.05) is 13.8 Å². The zero-order chi connectivity index (χ0) is 15.1. The number of halogens is 1. The largest absolute Gasteiger partial charge is 0.326 e. The summed E-state index contributed by atoms with van der Waals surface area (Å²) in [6.07, 6.45) is 0.252. The van der Waals surface area contributed by atoms with Crippen LogP contribution < -0.4 is 16.0 Å². The Kier molecular flexibility index (Phi) is 6.11. The second-order valence-corrected chi connectivity index (χ2v) is 4.78. The SMILES string of the molecule is CC(=O)Nc1ccc(F)c(NC(=O)CCNC(C)C)c1. The Balaban J connectivity index is 2.61. The van der Waals surface area contributed by atoms with Gasteiger partial charge in [-0.2, -0.15) is 0 Å². The predicted molar refractivity (Wildman–Crippen MR) is 77.1 cm³/mol. The van der Waals surface area contributed by atoms with Crippen LogP contribution in [0.2, 0.25) is 0 Å². The van der Waals surface area contributed by atoms with Crippen molar-refractivity contribution in [2.24, 2.45) is 0 Å². The van der Waals surface area contributed by atoms with Crippen LogP contribution in [0.4, 0.5) is 15.8 Å². The van der Waals surface area contributed by atoms with Crippen molar-refractivity contribution < 1.29 is 14.0 Å². The summed E-state index contributed by atoms with van der Waals surface area (Å²) in [4.78, 5) is 22.6. The summed E-state index contributed by atoms with van der Waals surface area (Å²) in [5.41, 5.74) is 0.500. The normalized spacial score (nSPS) is 10.4. The van der Waals surface area contributed by atoms with E-state index in [1.807, 2.05) is 13.8 Å². The number of hydrogen-bond donors (Lipinski definition) is 3. The van der Waals surface area contributed by atoms with Crippen molar-refractivity contribution in [3.8, 4) is 0 Å². The smallest absolute Gasteiger partial charge is 0.225 e. The van der Waals surface area contributed by atoms with Crippen molar-refractivity contribution in [1.82, 2.24) is 5.32 Å². The molecular formula is C14H20FN3O2. The molecule has 20 heavy (non-hydrogen) atoms. The Morgan fingerprint density at radius 2 is 1.95 bits per heavy atom. The van der Waals surface area contributed by atoms with Gasteiger partial charge in [0.15, 0.2) is 0 Å². The number of nitrogens with one attached hydrogen (secondary N) is 3. The minimum Gasteiger partial charge on any atom is -0.326 e. The fraction of sp³-hybridized carbons (Fsp3) is 0.429. The molecule has 1 aromatic carbocycles. The third kappa shape index (κ3) is 5.79. The molecule has 2 amide bonds. The summed E-state index contributed by atoms with van der Waals surface area (Å²) in [5, 5.41) is 8.13. The molecule has 0 aliphatic carbocycles. The van der Waals surface area contributed by atoms with E-state index in [1.165, 1.54) is 25.1 Å². The van der Waals surface area contributed by atoms with Crippen LogP contribution in [-0.4, -0.2) is 24.4 Å². The van der Waals surface area contributed by atoms with Crippen LogP contribution >= 0.6 is 0 Å². The molecule has 0 aromatic heterocycles. The van der Waals surface area contributed by atoms with Crippen LogP contribution in [-0.2, 0) is 9.59 Å². The second kappa shape index (κ2) is 7.59. The zero-order valence-electron chi connectivity index (χ0n) is 11.9. The first-order valence-corrected chi connectivity index (χ1v) is 6.49. The molecule has 3 N–H and O–H groups in total. The van der Waals surface area contributed by atoms with E-state index in [0.717, 1.165) is 0 Å². The van der Waals surface area contributed by atoms with Crippen LogP contribution in [0.3, 0.4) is 0 Å². The first kappa shape index (κ1) is 16.1. The van der Waals surface area contributed by atoms with Gasteiger partial charge in [-0.25, -0.2) is 4.39 Å². The Morgan fingerprint density at radius 3 is 2.55 bits per heavy atom. The molecule has 0 atom stereocenters. The van der Waals surface area contributed by atoms with Crippen LogP contribution in [0.5, 0.6) is 0 Å². The van der Waals surface area contributed by atoms with Crippen LogP contribution in [0.25, 0.3) is 0 Å². The number of hydrogen-bond acceptors (Lipinski definition) is 3. The van der Waals surface area contributed by atoms with Gasteiger partial charge in [-0.3, -0.25) is 9.59 Å². The van der Waals surface area contributed by atoms with Crippen molar-refractivity contribution in [2.45, 2.75) is 33.2 Å². The molecule has 0 aliphatic heterocycles. The van der Waals surface area contributed by atoms with E-state index in [9.17, 15) is 14.0 Å². The van der Waals surface area contributed by atoms with E-state index in [1.54, 1.807) is 0 Å².